The van der Waals surface area contributed by atoms with Crippen LogP contribution in [0.2, 0.25) is 0 Å². The first-order valence-corrected chi connectivity index (χ1v) is 5.45. The second-order valence-electron chi connectivity index (χ2n) is 3.73. The molecular weight excluding hydrogens is 241 g/mol. The highest BCUT2D eigenvalue weighted by Crippen LogP contribution is 2.31. The summed E-state index contributed by atoms with van der Waals surface area (Å²) in [5.41, 5.74) is -0.381. The third-order valence-electron chi connectivity index (χ3n) is 2.37. The van der Waals surface area contributed by atoms with E-state index in [-0.39, 0.29) is 5.56 Å². The summed E-state index contributed by atoms with van der Waals surface area (Å²) in [6.45, 7) is 4.16. The van der Waals surface area contributed by atoms with E-state index in [2.05, 4.69) is 11.9 Å². The number of nitrogens with zero attached hydrogens (tertiary/aromatic N) is 1. The number of hydrogen-bond donors (Lipinski definition) is 1. The summed E-state index contributed by atoms with van der Waals surface area (Å²) < 4.78 is 37.3. The van der Waals surface area contributed by atoms with E-state index >= 15 is 0 Å². The summed E-state index contributed by atoms with van der Waals surface area (Å²) in [5, 5.41) is 11.8. The lowest BCUT2D eigenvalue weighted by molar-refractivity contribution is -0.137. The largest absolute Gasteiger partial charge is 0.416 e. The Balaban J connectivity index is 2.82. The molecule has 0 aliphatic heterocycles. The Morgan fingerprint density at radius 3 is 2.67 bits per heavy atom. The first-order valence-electron chi connectivity index (χ1n) is 5.45. The van der Waals surface area contributed by atoms with Gasteiger partial charge in [0.05, 0.1) is 16.8 Å². The molecule has 96 valence electrons. The lowest BCUT2D eigenvalue weighted by Crippen LogP contribution is -2.08. The van der Waals surface area contributed by atoms with E-state index < -0.39 is 11.7 Å². The van der Waals surface area contributed by atoms with Gasteiger partial charge < -0.3 is 5.32 Å². The van der Waals surface area contributed by atoms with Crippen molar-refractivity contribution < 1.29 is 13.2 Å². The molecule has 0 saturated carbocycles. The maximum atomic E-state index is 12.4. The maximum absolute atomic E-state index is 12.4. The smallest absolute Gasteiger partial charge is 0.384 e. The van der Waals surface area contributed by atoms with Gasteiger partial charge in [0.15, 0.2) is 0 Å². The Kier molecular flexibility index (Phi) is 4.78. The van der Waals surface area contributed by atoms with Crippen molar-refractivity contribution in [1.82, 2.24) is 0 Å². The van der Waals surface area contributed by atoms with Gasteiger partial charge in [0, 0.05) is 6.54 Å². The molecule has 0 aliphatic carbocycles. The van der Waals surface area contributed by atoms with Crippen molar-refractivity contribution in [3.05, 3.63) is 42.0 Å². The minimum absolute atomic E-state index is 0.00317. The molecule has 0 fully saturated rings. The van der Waals surface area contributed by atoms with Crippen molar-refractivity contribution in [1.29, 1.82) is 5.26 Å². The highest BCUT2D eigenvalue weighted by atomic mass is 19.4. The molecule has 0 unspecified atom stereocenters. The minimum Gasteiger partial charge on any atom is -0.384 e. The van der Waals surface area contributed by atoms with Crippen molar-refractivity contribution in [3.8, 4) is 6.07 Å². The average Bonchev–Trinajstić information content (AvgIpc) is 2.33. The van der Waals surface area contributed by atoms with Gasteiger partial charge in [-0.05, 0) is 31.0 Å². The predicted octanol–water partition coefficient (Wildman–Crippen LogP) is 3.96. The molecule has 5 heteroatoms. The number of nitrogens with one attached hydrogen (secondary N) is 1. The molecule has 1 rings (SSSR count). The van der Waals surface area contributed by atoms with E-state index in [0.717, 1.165) is 25.0 Å². The summed E-state index contributed by atoms with van der Waals surface area (Å²) in [7, 11) is 0. The number of allylic oxidation sites excluding steroid dienone is 1. The number of hydrogen-bond acceptors (Lipinski definition) is 2. The topological polar surface area (TPSA) is 35.8 Å². The number of anilines is 1. The lowest BCUT2D eigenvalue weighted by Gasteiger charge is -2.11. The summed E-state index contributed by atoms with van der Waals surface area (Å²) in [6, 6.07) is 4.88. The zero-order valence-electron chi connectivity index (χ0n) is 9.72. The fraction of sp³-hybridized carbons (Fsp3) is 0.308. The monoisotopic (exact) mass is 254 g/mol. The Morgan fingerprint density at radius 2 is 2.11 bits per heavy atom. The summed E-state index contributed by atoms with van der Waals surface area (Å²) in [4.78, 5) is 0. The normalized spacial score (nSPS) is 10.8. The standard InChI is InChI=1S/C13H13F3N2/c1-2-3-4-7-18-12-6-5-11(13(14,15)16)8-10(12)9-17/h2,5-6,8,18H,1,3-4,7H2. The molecule has 1 N–H and O–H groups in total. The Bertz CT molecular complexity index is 458. The van der Waals surface area contributed by atoms with Crippen LogP contribution in [0, 0.1) is 11.3 Å². The zero-order chi connectivity index (χ0) is 13.6. The van der Waals surface area contributed by atoms with Crippen LogP contribution in [0.25, 0.3) is 0 Å². The third kappa shape index (κ3) is 3.81. The second-order valence-corrected chi connectivity index (χ2v) is 3.73. The van der Waals surface area contributed by atoms with Crippen LogP contribution in [0.4, 0.5) is 18.9 Å². The van der Waals surface area contributed by atoms with Crippen molar-refractivity contribution in [3.63, 3.8) is 0 Å². The molecule has 0 aromatic heterocycles. The summed E-state index contributed by atoms with van der Waals surface area (Å²) in [6.07, 6.45) is -1.03. The number of nitriles is 1. The SMILES string of the molecule is C=CCCCNc1ccc(C(F)(F)F)cc1C#N. The number of rotatable bonds is 5. The van der Waals surface area contributed by atoms with Crippen LogP contribution in [-0.4, -0.2) is 6.54 Å². The number of unbranched alkanes of at least 4 members (excludes halogenated alkanes) is 1. The van der Waals surface area contributed by atoms with Gasteiger partial charge in [0.1, 0.15) is 6.07 Å². The first kappa shape index (κ1) is 14.1. The lowest BCUT2D eigenvalue weighted by atomic mass is 10.1. The minimum atomic E-state index is -4.42. The van der Waals surface area contributed by atoms with E-state index in [1.54, 1.807) is 12.1 Å². The fourth-order valence-corrected chi connectivity index (χ4v) is 1.44. The van der Waals surface area contributed by atoms with Crippen molar-refractivity contribution >= 4 is 5.69 Å². The molecule has 1 aromatic carbocycles. The zero-order valence-corrected chi connectivity index (χ0v) is 9.72. The molecule has 0 atom stereocenters. The highest BCUT2D eigenvalue weighted by molar-refractivity contribution is 5.58. The van der Waals surface area contributed by atoms with Gasteiger partial charge in [0.25, 0.3) is 0 Å². The van der Waals surface area contributed by atoms with Crippen LogP contribution in [0.15, 0.2) is 30.9 Å². The van der Waals surface area contributed by atoms with Gasteiger partial charge in [-0.2, -0.15) is 18.4 Å². The van der Waals surface area contributed by atoms with Gasteiger partial charge in [-0.3, -0.25) is 0 Å². The van der Waals surface area contributed by atoms with E-state index in [9.17, 15) is 13.2 Å². The molecule has 0 saturated heterocycles. The molecule has 1 aromatic rings. The van der Waals surface area contributed by atoms with Gasteiger partial charge in [0.2, 0.25) is 0 Å². The number of benzene rings is 1. The van der Waals surface area contributed by atoms with E-state index in [1.807, 2.05) is 0 Å². The molecule has 0 bridgehead atoms. The molecule has 0 spiro atoms. The molecule has 0 amide bonds. The Morgan fingerprint density at radius 1 is 1.39 bits per heavy atom. The van der Waals surface area contributed by atoms with Crippen molar-refractivity contribution in [2.24, 2.45) is 0 Å². The quantitative estimate of drug-likeness (QED) is 0.637. The van der Waals surface area contributed by atoms with Gasteiger partial charge in [-0.1, -0.05) is 6.08 Å². The predicted molar refractivity (Wildman–Crippen MR) is 64.1 cm³/mol. The number of halogens is 3. The van der Waals surface area contributed by atoms with Gasteiger partial charge in [-0.15, -0.1) is 6.58 Å². The van der Waals surface area contributed by atoms with Crippen LogP contribution >= 0.6 is 0 Å². The Labute approximate surface area is 104 Å². The van der Waals surface area contributed by atoms with Crippen LogP contribution in [0.1, 0.15) is 24.0 Å². The molecule has 18 heavy (non-hydrogen) atoms. The van der Waals surface area contributed by atoms with Gasteiger partial charge >= 0.3 is 6.18 Å². The third-order valence-corrected chi connectivity index (χ3v) is 2.37. The molecule has 0 radical (unpaired) electrons. The van der Waals surface area contributed by atoms with Crippen molar-refractivity contribution in [2.75, 3.05) is 11.9 Å². The van der Waals surface area contributed by atoms with E-state index in [0.29, 0.717) is 12.2 Å². The first-order chi connectivity index (χ1) is 8.49. The molecule has 2 nitrogen and oxygen atoms in total. The Hall–Kier alpha value is -1.96. The van der Waals surface area contributed by atoms with E-state index in [4.69, 9.17) is 5.26 Å². The molecule has 0 heterocycles. The summed E-state index contributed by atoms with van der Waals surface area (Å²) >= 11 is 0. The molecule has 0 aliphatic rings. The molecular formula is C13H13F3N2. The maximum Gasteiger partial charge on any atom is 0.416 e. The van der Waals surface area contributed by atoms with Crippen LogP contribution < -0.4 is 5.32 Å². The summed E-state index contributed by atoms with van der Waals surface area (Å²) in [5.74, 6) is 0. The van der Waals surface area contributed by atoms with Crippen LogP contribution in [-0.2, 0) is 6.18 Å². The average molecular weight is 254 g/mol. The number of alkyl halides is 3. The fourth-order valence-electron chi connectivity index (χ4n) is 1.44. The second kappa shape index (κ2) is 6.10. The van der Waals surface area contributed by atoms with Gasteiger partial charge in [-0.25, -0.2) is 0 Å². The highest BCUT2D eigenvalue weighted by Gasteiger charge is 2.30. The van der Waals surface area contributed by atoms with Crippen molar-refractivity contribution in [2.45, 2.75) is 19.0 Å². The van der Waals surface area contributed by atoms with E-state index in [1.165, 1.54) is 6.07 Å². The van der Waals surface area contributed by atoms with Crippen LogP contribution in [0.5, 0.6) is 0 Å². The van der Waals surface area contributed by atoms with Crippen LogP contribution in [0.3, 0.4) is 0 Å².